The molecule has 1 aromatic heterocycles. The van der Waals surface area contributed by atoms with Gasteiger partial charge in [-0.05, 0) is 37.5 Å². The lowest BCUT2D eigenvalue weighted by atomic mass is 10.0. The van der Waals surface area contributed by atoms with E-state index in [0.717, 1.165) is 24.6 Å². The lowest BCUT2D eigenvalue weighted by molar-refractivity contribution is -0.138. The monoisotopic (exact) mass is 380 g/mol. The number of primary amides is 1. The van der Waals surface area contributed by atoms with Crippen LogP contribution in [0.4, 0.5) is 0 Å². The Balaban J connectivity index is 1.62. The minimum Gasteiger partial charge on any atom is -0.411 e. The van der Waals surface area contributed by atoms with Crippen molar-refractivity contribution in [2.45, 2.75) is 30.5 Å². The Morgan fingerprint density at radius 1 is 1.36 bits per heavy atom. The Bertz CT molecular complexity index is 782. The van der Waals surface area contributed by atoms with Gasteiger partial charge in [0, 0.05) is 17.1 Å². The number of hydrogen-bond donors (Lipinski definition) is 1. The number of hydrogen-bond acceptors (Lipinski definition) is 6. The van der Waals surface area contributed by atoms with Gasteiger partial charge in [0.25, 0.3) is 5.22 Å². The van der Waals surface area contributed by atoms with Crippen molar-refractivity contribution in [3.05, 3.63) is 29.3 Å². The maximum atomic E-state index is 12.4. The Morgan fingerprint density at radius 2 is 2.20 bits per heavy atom. The molecule has 2 heterocycles. The Morgan fingerprint density at radius 3 is 2.96 bits per heavy atom. The van der Waals surface area contributed by atoms with E-state index in [1.807, 2.05) is 6.07 Å². The molecular weight excluding hydrogens is 364 g/mol. The van der Waals surface area contributed by atoms with Gasteiger partial charge < -0.3 is 15.1 Å². The van der Waals surface area contributed by atoms with E-state index in [-0.39, 0.29) is 16.9 Å². The zero-order valence-corrected chi connectivity index (χ0v) is 14.9. The molecule has 2 N–H and O–H groups in total. The molecule has 2 aromatic rings. The minimum absolute atomic E-state index is 0.112. The van der Waals surface area contributed by atoms with E-state index in [2.05, 4.69) is 10.2 Å². The van der Waals surface area contributed by atoms with Gasteiger partial charge in [0.05, 0.1) is 5.75 Å². The highest BCUT2D eigenvalue weighted by molar-refractivity contribution is 7.99. The molecule has 0 aliphatic carbocycles. The highest BCUT2D eigenvalue weighted by Gasteiger charge is 2.30. The molecule has 0 radical (unpaired) electrons. The summed E-state index contributed by atoms with van der Waals surface area (Å²) in [5.74, 6) is -0.165. The molecule has 1 aliphatic heterocycles. The molecule has 9 heteroatoms. The quantitative estimate of drug-likeness (QED) is 0.799. The van der Waals surface area contributed by atoms with Crippen molar-refractivity contribution in [1.29, 1.82) is 0 Å². The zero-order chi connectivity index (χ0) is 17.8. The van der Waals surface area contributed by atoms with Gasteiger partial charge >= 0.3 is 0 Å². The topological polar surface area (TPSA) is 102 Å². The summed E-state index contributed by atoms with van der Waals surface area (Å²) in [7, 11) is 0. The van der Waals surface area contributed by atoms with Crippen molar-refractivity contribution in [1.82, 2.24) is 15.1 Å². The van der Waals surface area contributed by atoms with E-state index in [4.69, 9.17) is 21.8 Å². The van der Waals surface area contributed by atoms with Crippen LogP contribution in [0.25, 0.3) is 11.5 Å². The van der Waals surface area contributed by atoms with E-state index in [0.29, 0.717) is 29.4 Å². The van der Waals surface area contributed by atoms with Crippen LogP contribution in [-0.4, -0.2) is 45.3 Å². The highest BCUT2D eigenvalue weighted by atomic mass is 35.5. The Kier molecular flexibility index (Phi) is 5.60. The first-order valence-corrected chi connectivity index (χ1v) is 9.22. The number of carbonyl (C=O) groups excluding carboxylic acids is 2. The molecule has 0 unspecified atom stereocenters. The summed E-state index contributed by atoms with van der Waals surface area (Å²) in [5.41, 5.74) is 6.10. The van der Waals surface area contributed by atoms with Crippen LogP contribution < -0.4 is 5.73 Å². The second-order valence-corrected chi connectivity index (χ2v) is 7.04. The molecule has 1 aromatic carbocycles. The van der Waals surface area contributed by atoms with Gasteiger partial charge in [0.2, 0.25) is 17.7 Å². The third-order valence-electron chi connectivity index (χ3n) is 3.95. The molecule has 25 heavy (non-hydrogen) atoms. The first kappa shape index (κ1) is 17.8. The van der Waals surface area contributed by atoms with Crippen LogP contribution in [0.5, 0.6) is 0 Å². The number of rotatable bonds is 5. The van der Waals surface area contributed by atoms with Crippen molar-refractivity contribution >= 4 is 35.2 Å². The molecule has 3 rings (SSSR count). The van der Waals surface area contributed by atoms with Gasteiger partial charge in [0.15, 0.2) is 0 Å². The van der Waals surface area contributed by atoms with Gasteiger partial charge in [-0.15, -0.1) is 10.2 Å². The number of benzene rings is 1. The van der Waals surface area contributed by atoms with Crippen LogP contribution >= 0.6 is 23.4 Å². The summed E-state index contributed by atoms with van der Waals surface area (Å²) >= 11 is 7.09. The first-order chi connectivity index (χ1) is 12.0. The van der Waals surface area contributed by atoms with E-state index < -0.39 is 11.9 Å². The standard InChI is InChI=1S/C16H17ClN4O3S/c17-11-5-3-4-10(8-11)15-19-20-16(24-15)25-9-13(22)21-7-2-1-6-12(21)14(18)23/h3-5,8,12H,1-2,6-7,9H2,(H2,18,23)/t12-/m0/s1. The number of aromatic nitrogens is 2. The molecule has 0 saturated carbocycles. The van der Waals surface area contributed by atoms with E-state index >= 15 is 0 Å². The summed E-state index contributed by atoms with van der Waals surface area (Å²) in [6.07, 6.45) is 2.39. The number of amides is 2. The molecule has 0 spiro atoms. The summed E-state index contributed by atoms with van der Waals surface area (Å²) < 4.78 is 5.56. The average molecular weight is 381 g/mol. The predicted octanol–water partition coefficient (Wildman–Crippen LogP) is 2.35. The number of nitrogens with two attached hydrogens (primary N) is 1. The van der Waals surface area contributed by atoms with E-state index in [9.17, 15) is 9.59 Å². The van der Waals surface area contributed by atoms with Crippen molar-refractivity contribution in [3.63, 3.8) is 0 Å². The van der Waals surface area contributed by atoms with Crippen LogP contribution in [0.2, 0.25) is 5.02 Å². The van der Waals surface area contributed by atoms with Crippen LogP contribution in [0.1, 0.15) is 19.3 Å². The maximum Gasteiger partial charge on any atom is 0.277 e. The number of piperidine rings is 1. The lowest BCUT2D eigenvalue weighted by Crippen LogP contribution is -2.51. The second kappa shape index (κ2) is 7.88. The van der Waals surface area contributed by atoms with Crippen molar-refractivity contribution in [2.24, 2.45) is 5.73 Å². The second-order valence-electron chi connectivity index (χ2n) is 5.67. The zero-order valence-electron chi connectivity index (χ0n) is 13.4. The Labute approximate surface area is 153 Å². The number of likely N-dealkylation sites (tertiary alicyclic amines) is 1. The van der Waals surface area contributed by atoms with Crippen molar-refractivity contribution in [2.75, 3.05) is 12.3 Å². The molecular formula is C16H17ClN4O3S. The molecule has 1 aliphatic rings. The third kappa shape index (κ3) is 4.32. The smallest absolute Gasteiger partial charge is 0.277 e. The van der Waals surface area contributed by atoms with Gasteiger partial charge in [-0.25, -0.2) is 0 Å². The third-order valence-corrected chi connectivity index (χ3v) is 4.99. The fraction of sp³-hybridized carbons (Fsp3) is 0.375. The van der Waals surface area contributed by atoms with Gasteiger partial charge in [-0.1, -0.05) is 29.4 Å². The van der Waals surface area contributed by atoms with Crippen LogP contribution in [0, 0.1) is 0 Å². The summed E-state index contributed by atoms with van der Waals surface area (Å²) in [5, 5.41) is 8.76. The van der Waals surface area contributed by atoms with Crippen LogP contribution in [0.3, 0.4) is 0 Å². The minimum atomic E-state index is -0.522. The summed E-state index contributed by atoms with van der Waals surface area (Å²) in [6, 6.07) is 6.55. The molecule has 1 fully saturated rings. The molecule has 0 bridgehead atoms. The number of nitrogens with zero attached hydrogens (tertiary/aromatic N) is 3. The number of carbonyl (C=O) groups is 2. The van der Waals surface area contributed by atoms with Gasteiger partial charge in [-0.3, -0.25) is 9.59 Å². The maximum absolute atomic E-state index is 12.4. The lowest BCUT2D eigenvalue weighted by Gasteiger charge is -2.33. The van der Waals surface area contributed by atoms with E-state index in [1.54, 1.807) is 23.1 Å². The van der Waals surface area contributed by atoms with Crippen LogP contribution in [0.15, 0.2) is 33.9 Å². The van der Waals surface area contributed by atoms with Crippen LogP contribution in [-0.2, 0) is 9.59 Å². The Hall–Kier alpha value is -2.06. The van der Waals surface area contributed by atoms with Gasteiger partial charge in [-0.2, -0.15) is 0 Å². The summed E-state index contributed by atoms with van der Waals surface area (Å²) in [4.78, 5) is 25.4. The van der Waals surface area contributed by atoms with Crippen molar-refractivity contribution in [3.8, 4) is 11.5 Å². The molecule has 7 nitrogen and oxygen atoms in total. The predicted molar refractivity (Wildman–Crippen MR) is 94.0 cm³/mol. The largest absolute Gasteiger partial charge is 0.411 e. The molecule has 2 amide bonds. The normalized spacial score (nSPS) is 17.5. The molecule has 1 atom stereocenters. The molecule has 132 valence electrons. The highest BCUT2D eigenvalue weighted by Crippen LogP contribution is 2.26. The number of thioether (sulfide) groups is 1. The van der Waals surface area contributed by atoms with Gasteiger partial charge in [0.1, 0.15) is 6.04 Å². The summed E-state index contributed by atoms with van der Waals surface area (Å²) in [6.45, 7) is 0.546. The molecule has 1 saturated heterocycles. The fourth-order valence-electron chi connectivity index (χ4n) is 2.74. The fourth-order valence-corrected chi connectivity index (χ4v) is 3.58. The number of halogens is 1. The van der Waals surface area contributed by atoms with E-state index in [1.165, 1.54) is 0 Å². The van der Waals surface area contributed by atoms with Crippen molar-refractivity contribution < 1.29 is 14.0 Å². The average Bonchev–Trinajstić information content (AvgIpc) is 3.08. The first-order valence-electron chi connectivity index (χ1n) is 7.85. The SMILES string of the molecule is NC(=O)[C@@H]1CCCCN1C(=O)CSc1nnc(-c2cccc(Cl)c2)o1.